The average molecular weight is 251 g/mol. The average Bonchev–Trinajstić information content (AvgIpc) is 2.29. The van der Waals surface area contributed by atoms with Gasteiger partial charge in [-0.1, -0.05) is 39.8 Å². The summed E-state index contributed by atoms with van der Waals surface area (Å²) in [6, 6.07) is 8.97. The van der Waals surface area contributed by atoms with Crippen LogP contribution in [-0.4, -0.2) is 18.8 Å². The lowest BCUT2D eigenvalue weighted by molar-refractivity contribution is 0.568. The minimum absolute atomic E-state index is 0.627. The number of benzene rings is 1. The van der Waals surface area contributed by atoms with Gasteiger partial charge in [-0.05, 0) is 36.1 Å². The van der Waals surface area contributed by atoms with E-state index < -0.39 is 0 Å². The van der Waals surface area contributed by atoms with E-state index in [1.54, 1.807) is 0 Å². The summed E-state index contributed by atoms with van der Waals surface area (Å²) < 4.78 is 0. The Morgan fingerprint density at radius 3 is 2.24 bits per heavy atom. The summed E-state index contributed by atoms with van der Waals surface area (Å²) in [5.74, 6) is 2.51. The summed E-state index contributed by atoms with van der Waals surface area (Å²) in [6.45, 7) is 11.2. The van der Waals surface area contributed by atoms with E-state index in [0.29, 0.717) is 5.92 Å². The molecule has 0 atom stereocenters. The van der Waals surface area contributed by atoms with Crippen LogP contribution < -0.4 is 5.32 Å². The van der Waals surface area contributed by atoms with Crippen molar-refractivity contribution in [2.45, 2.75) is 38.5 Å². The SMILES string of the molecule is CC(C)CNCCSc1ccc(C(C)C)cc1. The summed E-state index contributed by atoms with van der Waals surface area (Å²) >= 11 is 1.93. The van der Waals surface area contributed by atoms with E-state index in [1.165, 1.54) is 10.5 Å². The molecule has 1 nitrogen and oxygen atoms in total. The zero-order valence-electron chi connectivity index (χ0n) is 11.5. The highest BCUT2D eigenvalue weighted by atomic mass is 32.2. The molecule has 0 aliphatic carbocycles. The Morgan fingerprint density at radius 2 is 1.71 bits per heavy atom. The molecule has 1 rings (SSSR count). The molecule has 0 saturated carbocycles. The van der Waals surface area contributed by atoms with E-state index >= 15 is 0 Å². The fraction of sp³-hybridized carbons (Fsp3) is 0.600. The number of hydrogen-bond donors (Lipinski definition) is 1. The van der Waals surface area contributed by atoms with Gasteiger partial charge in [-0.25, -0.2) is 0 Å². The molecule has 96 valence electrons. The van der Waals surface area contributed by atoms with Crippen molar-refractivity contribution in [3.8, 4) is 0 Å². The van der Waals surface area contributed by atoms with Crippen LogP contribution in [-0.2, 0) is 0 Å². The van der Waals surface area contributed by atoms with E-state index in [0.717, 1.165) is 24.8 Å². The van der Waals surface area contributed by atoms with Crippen molar-refractivity contribution in [1.29, 1.82) is 0 Å². The van der Waals surface area contributed by atoms with Crippen molar-refractivity contribution in [3.05, 3.63) is 29.8 Å². The molecular weight excluding hydrogens is 226 g/mol. The van der Waals surface area contributed by atoms with Gasteiger partial charge in [0, 0.05) is 17.2 Å². The smallest absolute Gasteiger partial charge is 0.0106 e. The van der Waals surface area contributed by atoms with Crippen LogP contribution in [0.1, 0.15) is 39.2 Å². The first-order valence-electron chi connectivity index (χ1n) is 6.53. The Morgan fingerprint density at radius 1 is 1.06 bits per heavy atom. The topological polar surface area (TPSA) is 12.0 Å². The van der Waals surface area contributed by atoms with Crippen molar-refractivity contribution >= 4 is 11.8 Å². The van der Waals surface area contributed by atoms with Gasteiger partial charge in [0.1, 0.15) is 0 Å². The molecule has 0 heterocycles. The molecular formula is C15H25NS. The maximum absolute atomic E-state index is 3.46. The monoisotopic (exact) mass is 251 g/mol. The molecule has 0 spiro atoms. The van der Waals surface area contributed by atoms with Gasteiger partial charge >= 0.3 is 0 Å². The predicted octanol–water partition coefficient (Wildman–Crippen LogP) is 4.15. The molecule has 0 radical (unpaired) electrons. The number of thioether (sulfide) groups is 1. The fourth-order valence-electron chi connectivity index (χ4n) is 1.58. The highest BCUT2D eigenvalue weighted by molar-refractivity contribution is 7.99. The van der Waals surface area contributed by atoms with Crippen molar-refractivity contribution in [3.63, 3.8) is 0 Å². The quantitative estimate of drug-likeness (QED) is 0.577. The molecule has 0 aliphatic heterocycles. The van der Waals surface area contributed by atoms with E-state index in [2.05, 4.69) is 57.3 Å². The van der Waals surface area contributed by atoms with Gasteiger partial charge < -0.3 is 5.32 Å². The zero-order chi connectivity index (χ0) is 12.7. The van der Waals surface area contributed by atoms with Gasteiger partial charge in [0.15, 0.2) is 0 Å². The molecule has 0 aromatic heterocycles. The first-order valence-corrected chi connectivity index (χ1v) is 7.51. The molecule has 0 aliphatic rings. The second-order valence-corrected chi connectivity index (χ2v) is 6.34. The Hall–Kier alpha value is -0.470. The van der Waals surface area contributed by atoms with Crippen LogP contribution in [0, 0.1) is 5.92 Å². The molecule has 0 fully saturated rings. The van der Waals surface area contributed by atoms with Crippen molar-refractivity contribution in [1.82, 2.24) is 5.32 Å². The maximum atomic E-state index is 3.46. The van der Waals surface area contributed by atoms with Crippen molar-refractivity contribution in [2.75, 3.05) is 18.8 Å². The minimum atomic E-state index is 0.627. The lowest BCUT2D eigenvalue weighted by atomic mass is 10.0. The molecule has 0 saturated heterocycles. The Balaban J connectivity index is 2.23. The second-order valence-electron chi connectivity index (χ2n) is 5.17. The van der Waals surface area contributed by atoms with Crippen LogP contribution in [0.3, 0.4) is 0 Å². The van der Waals surface area contributed by atoms with Crippen LogP contribution in [0.25, 0.3) is 0 Å². The summed E-state index contributed by atoms with van der Waals surface area (Å²) in [5.41, 5.74) is 1.42. The molecule has 0 amide bonds. The lowest BCUT2D eigenvalue weighted by Crippen LogP contribution is -2.22. The van der Waals surface area contributed by atoms with Gasteiger partial charge in [0.25, 0.3) is 0 Å². The standard InChI is InChI=1S/C15H25NS/c1-12(2)11-16-9-10-17-15-7-5-14(6-8-15)13(3)4/h5-8,12-13,16H,9-11H2,1-4H3. The van der Waals surface area contributed by atoms with Crippen LogP contribution >= 0.6 is 11.8 Å². The summed E-state index contributed by atoms with van der Waals surface area (Å²) in [4.78, 5) is 1.38. The van der Waals surface area contributed by atoms with Gasteiger partial charge in [0.2, 0.25) is 0 Å². The summed E-state index contributed by atoms with van der Waals surface area (Å²) in [5, 5.41) is 3.46. The van der Waals surface area contributed by atoms with E-state index in [4.69, 9.17) is 0 Å². The highest BCUT2D eigenvalue weighted by Gasteiger charge is 1.99. The van der Waals surface area contributed by atoms with Crippen LogP contribution in [0.4, 0.5) is 0 Å². The molecule has 1 N–H and O–H groups in total. The first-order chi connectivity index (χ1) is 8.09. The zero-order valence-corrected chi connectivity index (χ0v) is 12.3. The minimum Gasteiger partial charge on any atom is -0.316 e. The van der Waals surface area contributed by atoms with Gasteiger partial charge in [-0.3, -0.25) is 0 Å². The van der Waals surface area contributed by atoms with E-state index in [-0.39, 0.29) is 0 Å². The molecule has 0 unspecified atom stereocenters. The van der Waals surface area contributed by atoms with Crippen LogP contribution in [0.15, 0.2) is 29.2 Å². The Kier molecular flexibility index (Phi) is 6.68. The third kappa shape index (κ3) is 6.13. The maximum Gasteiger partial charge on any atom is 0.0106 e. The molecule has 2 heteroatoms. The third-order valence-electron chi connectivity index (χ3n) is 2.65. The molecule has 1 aromatic carbocycles. The third-order valence-corrected chi connectivity index (χ3v) is 3.66. The number of nitrogens with one attached hydrogen (secondary N) is 1. The van der Waals surface area contributed by atoms with Gasteiger partial charge in [-0.15, -0.1) is 11.8 Å². The van der Waals surface area contributed by atoms with Gasteiger partial charge in [0.05, 0.1) is 0 Å². The molecule has 1 aromatic rings. The van der Waals surface area contributed by atoms with Crippen molar-refractivity contribution in [2.24, 2.45) is 5.92 Å². The second kappa shape index (κ2) is 7.78. The summed E-state index contributed by atoms with van der Waals surface area (Å²) in [7, 11) is 0. The Bertz CT molecular complexity index is 303. The Labute approximate surface area is 110 Å². The molecule has 17 heavy (non-hydrogen) atoms. The van der Waals surface area contributed by atoms with Crippen LogP contribution in [0.5, 0.6) is 0 Å². The van der Waals surface area contributed by atoms with Gasteiger partial charge in [-0.2, -0.15) is 0 Å². The summed E-state index contributed by atoms with van der Waals surface area (Å²) in [6.07, 6.45) is 0. The van der Waals surface area contributed by atoms with Crippen LogP contribution in [0.2, 0.25) is 0 Å². The predicted molar refractivity (Wildman–Crippen MR) is 79.0 cm³/mol. The highest BCUT2D eigenvalue weighted by Crippen LogP contribution is 2.21. The first kappa shape index (κ1) is 14.6. The van der Waals surface area contributed by atoms with E-state index in [9.17, 15) is 0 Å². The normalized spacial score (nSPS) is 11.4. The van der Waals surface area contributed by atoms with Crippen molar-refractivity contribution < 1.29 is 0 Å². The fourth-order valence-corrected chi connectivity index (χ4v) is 2.39. The largest absolute Gasteiger partial charge is 0.316 e. The lowest BCUT2D eigenvalue weighted by Gasteiger charge is -2.08. The molecule has 0 bridgehead atoms. The number of hydrogen-bond acceptors (Lipinski definition) is 2. The number of rotatable bonds is 7. The van der Waals surface area contributed by atoms with E-state index in [1.807, 2.05) is 11.8 Å².